The molecule has 0 aliphatic carbocycles. The van der Waals surface area contributed by atoms with Gasteiger partial charge >= 0.3 is 5.97 Å². The number of thioether (sulfide) groups is 1. The van der Waals surface area contributed by atoms with Crippen LogP contribution in [0.3, 0.4) is 0 Å². The molecule has 1 aliphatic rings. The molecule has 0 saturated carbocycles. The average molecular weight is 464 g/mol. The Labute approximate surface area is 180 Å². The molecule has 0 radical (unpaired) electrons. The molecule has 0 amide bonds. The summed E-state index contributed by atoms with van der Waals surface area (Å²) in [4.78, 5) is 12.5. The molecule has 0 spiro atoms. The summed E-state index contributed by atoms with van der Waals surface area (Å²) in [5.74, 6) is -0.671. The lowest BCUT2D eigenvalue weighted by molar-refractivity contribution is -0.178. The standard InChI is InChI=1S/C17H19Cl2N3O6S/c1-2-27-16(26)11-6-22(21-20-11)13-14(24)12(7-23)28-17(15(13)25)29-8-3-4-9(18)10(19)5-8/h3-6,12-15,17,23-25H,2,7H2,1H3/t12?,13?,14-,15-,17+/m0/s1. The highest BCUT2D eigenvalue weighted by Gasteiger charge is 2.46. The number of aliphatic hydroxyl groups excluding tert-OH is 3. The first-order valence-corrected chi connectivity index (χ1v) is 10.3. The molecule has 2 heterocycles. The molecule has 2 unspecified atom stereocenters. The number of halogens is 2. The van der Waals surface area contributed by atoms with Gasteiger partial charge in [0.15, 0.2) is 5.69 Å². The Morgan fingerprint density at radius 3 is 2.72 bits per heavy atom. The van der Waals surface area contributed by atoms with Crippen LogP contribution in [0.25, 0.3) is 0 Å². The van der Waals surface area contributed by atoms with Crippen molar-refractivity contribution < 1.29 is 29.6 Å². The maximum absolute atomic E-state index is 11.8. The van der Waals surface area contributed by atoms with E-state index < -0.39 is 42.4 Å². The van der Waals surface area contributed by atoms with E-state index in [0.29, 0.717) is 14.9 Å². The van der Waals surface area contributed by atoms with Gasteiger partial charge in [0.25, 0.3) is 0 Å². The Kier molecular flexibility index (Phi) is 7.38. The van der Waals surface area contributed by atoms with E-state index in [4.69, 9.17) is 32.7 Å². The molecular weight excluding hydrogens is 445 g/mol. The second-order valence-corrected chi connectivity index (χ2v) is 8.18. The zero-order chi connectivity index (χ0) is 21.1. The maximum atomic E-state index is 11.8. The van der Waals surface area contributed by atoms with Gasteiger partial charge in [-0.2, -0.15) is 0 Å². The smallest absolute Gasteiger partial charge is 0.360 e. The van der Waals surface area contributed by atoms with E-state index in [2.05, 4.69) is 10.3 Å². The van der Waals surface area contributed by atoms with Gasteiger partial charge in [-0.15, -0.1) is 5.10 Å². The first kappa shape index (κ1) is 22.3. The highest BCUT2D eigenvalue weighted by Crippen LogP contribution is 2.39. The molecule has 158 valence electrons. The molecule has 5 atom stereocenters. The van der Waals surface area contributed by atoms with E-state index in [1.165, 1.54) is 10.9 Å². The number of hydrogen-bond donors (Lipinski definition) is 3. The topological polar surface area (TPSA) is 127 Å². The lowest BCUT2D eigenvalue weighted by atomic mass is 9.97. The van der Waals surface area contributed by atoms with Crippen LogP contribution in [0.5, 0.6) is 0 Å². The van der Waals surface area contributed by atoms with Crippen molar-refractivity contribution in [2.45, 2.75) is 41.6 Å². The third kappa shape index (κ3) is 4.85. The number of nitrogens with zero attached hydrogens (tertiary/aromatic N) is 3. The number of carbonyl (C=O) groups is 1. The Hall–Kier alpha value is -1.40. The van der Waals surface area contributed by atoms with Crippen molar-refractivity contribution >= 4 is 40.9 Å². The SMILES string of the molecule is CCOC(=O)c1cn(C2[C@@H](O)C(CO)O[C@H](Sc3ccc(Cl)c(Cl)c3)[C@H]2O)nn1. The minimum atomic E-state index is -1.29. The molecular formula is C17H19Cl2N3O6S. The number of ether oxygens (including phenoxy) is 2. The van der Waals surface area contributed by atoms with Crippen LogP contribution in [0, 0.1) is 0 Å². The number of aliphatic hydroxyl groups is 3. The fourth-order valence-corrected chi connectivity index (χ4v) is 4.35. The number of rotatable bonds is 6. The maximum Gasteiger partial charge on any atom is 0.360 e. The van der Waals surface area contributed by atoms with E-state index in [-0.39, 0.29) is 12.3 Å². The van der Waals surface area contributed by atoms with Crippen LogP contribution in [0.1, 0.15) is 23.5 Å². The monoisotopic (exact) mass is 463 g/mol. The third-order valence-corrected chi connectivity index (χ3v) is 6.18. The highest BCUT2D eigenvalue weighted by atomic mass is 35.5. The highest BCUT2D eigenvalue weighted by molar-refractivity contribution is 7.99. The predicted octanol–water partition coefficient (Wildman–Crippen LogP) is 1.53. The third-order valence-electron chi connectivity index (χ3n) is 4.29. The van der Waals surface area contributed by atoms with Crippen LogP contribution in [0.4, 0.5) is 0 Å². The van der Waals surface area contributed by atoms with Crippen LogP contribution in [0.2, 0.25) is 10.0 Å². The molecule has 0 bridgehead atoms. The normalized spacial score (nSPS) is 27.0. The van der Waals surface area contributed by atoms with Crippen molar-refractivity contribution in [3.8, 4) is 0 Å². The van der Waals surface area contributed by atoms with Gasteiger partial charge in [0.1, 0.15) is 29.8 Å². The second-order valence-electron chi connectivity index (χ2n) is 6.20. The Bertz CT molecular complexity index is 869. The molecule has 29 heavy (non-hydrogen) atoms. The van der Waals surface area contributed by atoms with Crippen molar-refractivity contribution in [1.29, 1.82) is 0 Å². The van der Waals surface area contributed by atoms with E-state index in [9.17, 15) is 20.1 Å². The quantitative estimate of drug-likeness (QED) is 0.546. The molecule has 1 saturated heterocycles. The van der Waals surface area contributed by atoms with Crippen molar-refractivity contribution in [1.82, 2.24) is 15.0 Å². The van der Waals surface area contributed by atoms with Gasteiger partial charge in [-0.3, -0.25) is 0 Å². The molecule has 3 N–H and O–H groups in total. The zero-order valence-corrected chi connectivity index (χ0v) is 17.5. The minimum Gasteiger partial charge on any atom is -0.461 e. The molecule has 1 fully saturated rings. The van der Waals surface area contributed by atoms with Crippen LogP contribution >= 0.6 is 35.0 Å². The van der Waals surface area contributed by atoms with Gasteiger partial charge in [-0.25, -0.2) is 9.48 Å². The summed E-state index contributed by atoms with van der Waals surface area (Å²) in [7, 11) is 0. The van der Waals surface area contributed by atoms with Crippen molar-refractivity contribution in [3.63, 3.8) is 0 Å². The van der Waals surface area contributed by atoms with Crippen molar-refractivity contribution in [2.24, 2.45) is 0 Å². The van der Waals surface area contributed by atoms with E-state index in [1.54, 1.807) is 25.1 Å². The van der Waals surface area contributed by atoms with Crippen molar-refractivity contribution in [3.05, 3.63) is 40.1 Å². The van der Waals surface area contributed by atoms with Gasteiger partial charge < -0.3 is 24.8 Å². The molecule has 1 aliphatic heterocycles. The molecule has 1 aromatic carbocycles. The predicted molar refractivity (Wildman–Crippen MR) is 105 cm³/mol. The number of hydrogen-bond acceptors (Lipinski definition) is 9. The van der Waals surface area contributed by atoms with Crippen molar-refractivity contribution in [2.75, 3.05) is 13.2 Å². The lowest BCUT2D eigenvalue weighted by Crippen LogP contribution is -2.55. The Morgan fingerprint density at radius 2 is 2.07 bits per heavy atom. The average Bonchev–Trinajstić information content (AvgIpc) is 3.17. The largest absolute Gasteiger partial charge is 0.461 e. The van der Waals surface area contributed by atoms with E-state index >= 15 is 0 Å². The number of benzene rings is 1. The molecule has 3 rings (SSSR count). The van der Waals surface area contributed by atoms with E-state index in [0.717, 1.165) is 11.8 Å². The molecule has 12 heteroatoms. The van der Waals surface area contributed by atoms with Crippen LogP contribution in [0.15, 0.2) is 29.3 Å². The Morgan fingerprint density at radius 1 is 1.31 bits per heavy atom. The van der Waals surface area contributed by atoms with Crippen LogP contribution in [-0.2, 0) is 9.47 Å². The summed E-state index contributed by atoms with van der Waals surface area (Å²) in [6.45, 7) is 1.34. The fraction of sp³-hybridized carbons (Fsp3) is 0.471. The first-order valence-electron chi connectivity index (χ1n) is 8.68. The summed E-state index contributed by atoms with van der Waals surface area (Å²) in [5.41, 5.74) is -0.931. The van der Waals surface area contributed by atoms with Gasteiger partial charge in [0.05, 0.1) is 29.5 Å². The summed E-state index contributed by atoms with van der Waals surface area (Å²) >= 11 is 13.1. The number of carbonyl (C=O) groups excluding carboxylic acids is 1. The second kappa shape index (κ2) is 9.61. The molecule has 9 nitrogen and oxygen atoms in total. The first-order chi connectivity index (χ1) is 13.8. The summed E-state index contributed by atoms with van der Waals surface area (Å²) < 4.78 is 11.7. The fourth-order valence-electron chi connectivity index (χ4n) is 2.88. The zero-order valence-electron chi connectivity index (χ0n) is 15.2. The van der Waals surface area contributed by atoms with Gasteiger partial charge in [0.2, 0.25) is 0 Å². The molecule has 2 aromatic rings. The summed E-state index contributed by atoms with van der Waals surface area (Å²) in [6.07, 6.45) is -2.25. The number of aromatic nitrogens is 3. The van der Waals surface area contributed by atoms with E-state index in [1.807, 2.05) is 0 Å². The minimum absolute atomic E-state index is 0.0630. The van der Waals surface area contributed by atoms with Gasteiger partial charge in [-0.1, -0.05) is 40.2 Å². The van der Waals surface area contributed by atoms with Crippen LogP contribution in [-0.4, -0.2) is 73.2 Å². The summed E-state index contributed by atoms with van der Waals surface area (Å²) in [6, 6.07) is 3.92. The lowest BCUT2D eigenvalue weighted by Gasteiger charge is -2.41. The molecule has 1 aromatic heterocycles. The van der Waals surface area contributed by atoms with Crippen LogP contribution < -0.4 is 0 Å². The van der Waals surface area contributed by atoms with Gasteiger partial charge in [0, 0.05) is 4.90 Å². The number of esters is 1. The summed E-state index contributed by atoms with van der Waals surface area (Å²) in [5, 5.41) is 39.3. The Balaban J connectivity index is 1.85. The van der Waals surface area contributed by atoms with Gasteiger partial charge in [-0.05, 0) is 25.1 Å².